The number of hydrogen-bond acceptors (Lipinski definition) is 3. The summed E-state index contributed by atoms with van der Waals surface area (Å²) in [6, 6.07) is 7.49. The van der Waals surface area contributed by atoms with Gasteiger partial charge in [0.2, 0.25) is 5.91 Å². The maximum Gasteiger partial charge on any atom is 0.321 e. The van der Waals surface area contributed by atoms with Crippen LogP contribution in [0.1, 0.15) is 32.1 Å². The van der Waals surface area contributed by atoms with E-state index in [2.05, 4.69) is 10.6 Å². The molecule has 4 N–H and O–H groups in total. The Balaban J connectivity index is 1.67. The van der Waals surface area contributed by atoms with Gasteiger partial charge in [0.15, 0.2) is 0 Å². The number of nitrogens with zero attached hydrogens (tertiary/aromatic N) is 1. The smallest absolute Gasteiger partial charge is 0.321 e. The number of urea groups is 1. The van der Waals surface area contributed by atoms with Crippen molar-refractivity contribution in [1.29, 1.82) is 0 Å². The minimum Gasteiger partial charge on any atom is -0.338 e. The van der Waals surface area contributed by atoms with Crippen molar-refractivity contribution in [2.45, 2.75) is 38.1 Å². The molecule has 3 rings (SSSR count). The zero-order valence-corrected chi connectivity index (χ0v) is 13.3. The molecule has 2 atom stereocenters. The highest BCUT2D eigenvalue weighted by molar-refractivity contribution is 5.96. The number of rotatable bonds is 3. The molecule has 6 heteroatoms. The summed E-state index contributed by atoms with van der Waals surface area (Å²) in [5.74, 6) is 0.0149. The van der Waals surface area contributed by atoms with Crippen LogP contribution in [-0.4, -0.2) is 31.1 Å². The number of nitrogens with one attached hydrogen (secondary N) is 2. The fraction of sp³-hybridized carbons (Fsp3) is 0.529. The first-order chi connectivity index (χ1) is 11.1. The van der Waals surface area contributed by atoms with Gasteiger partial charge in [0.25, 0.3) is 0 Å². The molecule has 0 radical (unpaired) electrons. The highest BCUT2D eigenvalue weighted by Gasteiger charge is 2.25. The third-order valence-corrected chi connectivity index (χ3v) is 4.59. The van der Waals surface area contributed by atoms with Gasteiger partial charge >= 0.3 is 6.03 Å². The van der Waals surface area contributed by atoms with E-state index in [-0.39, 0.29) is 23.9 Å². The quantitative estimate of drug-likeness (QED) is 0.797. The van der Waals surface area contributed by atoms with E-state index >= 15 is 0 Å². The van der Waals surface area contributed by atoms with Crippen molar-refractivity contribution in [2.75, 3.05) is 23.3 Å². The van der Waals surface area contributed by atoms with E-state index in [9.17, 15) is 9.59 Å². The summed E-state index contributed by atoms with van der Waals surface area (Å²) >= 11 is 0. The third kappa shape index (κ3) is 3.82. The molecule has 1 aliphatic carbocycles. The Labute approximate surface area is 136 Å². The topological polar surface area (TPSA) is 87.5 Å². The van der Waals surface area contributed by atoms with Crippen molar-refractivity contribution < 1.29 is 9.59 Å². The molecule has 2 unspecified atom stereocenters. The van der Waals surface area contributed by atoms with Crippen LogP contribution in [0.5, 0.6) is 0 Å². The minimum atomic E-state index is -0.0852. The number of anilines is 2. The lowest BCUT2D eigenvalue weighted by Crippen LogP contribution is -2.46. The third-order valence-electron chi connectivity index (χ3n) is 4.59. The van der Waals surface area contributed by atoms with Crippen LogP contribution < -0.4 is 21.3 Å². The van der Waals surface area contributed by atoms with E-state index in [1.54, 1.807) is 4.90 Å². The number of carbonyl (C=O) groups is 2. The normalized spacial score (nSPS) is 24.9. The van der Waals surface area contributed by atoms with Crippen LogP contribution in [0, 0.1) is 5.92 Å². The van der Waals surface area contributed by atoms with E-state index in [0.717, 1.165) is 43.5 Å². The van der Waals surface area contributed by atoms with Crippen molar-refractivity contribution in [3.8, 4) is 0 Å². The van der Waals surface area contributed by atoms with Crippen molar-refractivity contribution >= 4 is 23.3 Å². The number of nitrogens with two attached hydrogens (primary N) is 1. The Morgan fingerprint density at radius 3 is 2.96 bits per heavy atom. The number of amides is 3. The molecule has 1 aromatic rings. The predicted molar refractivity (Wildman–Crippen MR) is 90.4 cm³/mol. The van der Waals surface area contributed by atoms with Crippen molar-refractivity contribution in [3.05, 3.63) is 24.3 Å². The average Bonchev–Trinajstić information content (AvgIpc) is 2.55. The molecule has 3 amide bonds. The van der Waals surface area contributed by atoms with Gasteiger partial charge in [-0.3, -0.25) is 9.69 Å². The Kier molecular flexibility index (Phi) is 4.81. The van der Waals surface area contributed by atoms with Gasteiger partial charge in [-0.25, -0.2) is 4.79 Å². The maximum absolute atomic E-state index is 12.4. The van der Waals surface area contributed by atoms with E-state index in [4.69, 9.17) is 5.73 Å². The maximum atomic E-state index is 12.4. The van der Waals surface area contributed by atoms with Gasteiger partial charge in [-0.05, 0) is 43.9 Å². The lowest BCUT2D eigenvalue weighted by molar-refractivity contribution is -0.120. The van der Waals surface area contributed by atoms with Crippen LogP contribution in [0.4, 0.5) is 16.2 Å². The molecule has 0 spiro atoms. The fourth-order valence-electron chi connectivity index (χ4n) is 3.34. The molecule has 0 bridgehead atoms. The summed E-state index contributed by atoms with van der Waals surface area (Å²) in [6.45, 7) is 1.41. The standard InChI is InChI=1S/C17H24N4O2/c18-13-5-1-4-12(10-13)16(22)20-14-6-2-7-15(11-14)21-9-3-8-19-17(21)23/h2,6-7,11-13H,1,3-5,8-10,18H2,(H,19,23)(H,20,22). The van der Waals surface area contributed by atoms with Crippen molar-refractivity contribution in [3.63, 3.8) is 0 Å². The zero-order valence-electron chi connectivity index (χ0n) is 13.3. The Morgan fingerprint density at radius 2 is 2.17 bits per heavy atom. The molecular formula is C17H24N4O2. The van der Waals surface area contributed by atoms with Gasteiger partial charge in [-0.2, -0.15) is 0 Å². The largest absolute Gasteiger partial charge is 0.338 e. The molecular weight excluding hydrogens is 292 g/mol. The Hall–Kier alpha value is -2.08. The SMILES string of the molecule is NC1CCCC(C(=O)Nc2cccc(N3CCCNC3=O)c2)C1. The van der Waals surface area contributed by atoms with E-state index in [1.165, 1.54) is 0 Å². The van der Waals surface area contributed by atoms with Gasteiger partial charge < -0.3 is 16.4 Å². The highest BCUT2D eigenvalue weighted by atomic mass is 16.2. The molecule has 1 saturated carbocycles. The van der Waals surface area contributed by atoms with Gasteiger partial charge in [-0.1, -0.05) is 12.5 Å². The van der Waals surface area contributed by atoms with Crippen LogP contribution >= 0.6 is 0 Å². The lowest BCUT2D eigenvalue weighted by Gasteiger charge is -2.28. The van der Waals surface area contributed by atoms with E-state index in [1.807, 2.05) is 24.3 Å². The molecule has 2 aliphatic rings. The first-order valence-corrected chi connectivity index (χ1v) is 8.35. The molecule has 124 valence electrons. The molecule has 2 fully saturated rings. The van der Waals surface area contributed by atoms with Crippen LogP contribution in [-0.2, 0) is 4.79 Å². The van der Waals surface area contributed by atoms with Gasteiger partial charge in [0.05, 0.1) is 0 Å². The second kappa shape index (κ2) is 7.00. The molecule has 1 aliphatic heterocycles. The first-order valence-electron chi connectivity index (χ1n) is 8.35. The van der Waals surface area contributed by atoms with Gasteiger partial charge in [0, 0.05) is 36.4 Å². The van der Waals surface area contributed by atoms with E-state index in [0.29, 0.717) is 13.1 Å². The lowest BCUT2D eigenvalue weighted by atomic mass is 9.85. The summed E-state index contributed by atoms with van der Waals surface area (Å²) in [4.78, 5) is 26.0. The van der Waals surface area contributed by atoms with Crippen LogP contribution in [0.25, 0.3) is 0 Å². The molecule has 1 heterocycles. The van der Waals surface area contributed by atoms with E-state index < -0.39 is 0 Å². The Bertz CT molecular complexity index is 590. The summed E-state index contributed by atoms with van der Waals surface area (Å²) in [5, 5.41) is 5.81. The minimum absolute atomic E-state index is 0.0132. The molecule has 1 saturated heterocycles. The number of carbonyl (C=O) groups excluding carboxylic acids is 2. The first kappa shape index (κ1) is 15.8. The fourth-order valence-corrected chi connectivity index (χ4v) is 3.34. The summed E-state index contributed by atoms with van der Waals surface area (Å²) in [5.41, 5.74) is 7.49. The molecule has 0 aromatic heterocycles. The van der Waals surface area contributed by atoms with Crippen molar-refractivity contribution in [2.24, 2.45) is 11.7 Å². The molecule has 1 aromatic carbocycles. The summed E-state index contributed by atoms with van der Waals surface area (Å²) in [6.07, 6.45) is 4.58. The molecule has 23 heavy (non-hydrogen) atoms. The summed E-state index contributed by atoms with van der Waals surface area (Å²) in [7, 11) is 0. The summed E-state index contributed by atoms with van der Waals surface area (Å²) < 4.78 is 0. The predicted octanol–water partition coefficient (Wildman–Crippen LogP) is 2.06. The second-order valence-corrected chi connectivity index (χ2v) is 6.40. The Morgan fingerprint density at radius 1 is 1.30 bits per heavy atom. The molecule has 6 nitrogen and oxygen atoms in total. The van der Waals surface area contributed by atoms with Crippen LogP contribution in [0.3, 0.4) is 0 Å². The zero-order chi connectivity index (χ0) is 16.2. The van der Waals surface area contributed by atoms with Gasteiger partial charge in [-0.15, -0.1) is 0 Å². The van der Waals surface area contributed by atoms with Crippen molar-refractivity contribution in [1.82, 2.24) is 5.32 Å². The monoisotopic (exact) mass is 316 g/mol. The number of benzene rings is 1. The second-order valence-electron chi connectivity index (χ2n) is 6.40. The van der Waals surface area contributed by atoms with Gasteiger partial charge in [0.1, 0.15) is 0 Å². The van der Waals surface area contributed by atoms with Crippen LogP contribution in [0.15, 0.2) is 24.3 Å². The highest BCUT2D eigenvalue weighted by Crippen LogP contribution is 2.26. The van der Waals surface area contributed by atoms with Crippen LogP contribution in [0.2, 0.25) is 0 Å². The number of hydrogen-bond donors (Lipinski definition) is 3. The average molecular weight is 316 g/mol.